The molecule has 0 aromatic heterocycles. The van der Waals surface area contributed by atoms with Gasteiger partial charge in [-0.1, -0.05) is 0 Å². The van der Waals surface area contributed by atoms with Crippen molar-refractivity contribution in [3.05, 3.63) is 0 Å². The third kappa shape index (κ3) is 4.65. The Balaban J connectivity index is 2.28. The van der Waals surface area contributed by atoms with Crippen molar-refractivity contribution >= 4 is 14.6 Å². The molecule has 0 bridgehead atoms. The zero-order valence-electron chi connectivity index (χ0n) is 11.1. The Kier molecular flexibility index (Phi) is 5.94. The third-order valence-electron chi connectivity index (χ3n) is 2.90. The van der Waals surface area contributed by atoms with Gasteiger partial charge in [0.05, 0.1) is 0 Å². The molecule has 17 heavy (non-hydrogen) atoms. The maximum atomic E-state index is 11.3. The molecule has 6 heteroatoms. The Morgan fingerprint density at radius 3 is 2.47 bits per heavy atom. The molecule has 100 valence electrons. The average molecular weight is 260 g/mol. The summed E-state index contributed by atoms with van der Waals surface area (Å²) in [5.41, 5.74) is 0. The number of carbonyl (C=O) groups is 1. The largest absolute Gasteiger partial charge is 0.395 e. The molecule has 1 rings (SSSR count). The SMILES string of the molecule is CCO[Si](C)(CCCN1CCNC1=O)OCC. The molecule has 0 aliphatic carbocycles. The second kappa shape index (κ2) is 6.98. The lowest BCUT2D eigenvalue weighted by molar-refractivity contribution is 0.185. The maximum absolute atomic E-state index is 11.3. The fourth-order valence-corrected chi connectivity index (χ4v) is 4.51. The van der Waals surface area contributed by atoms with Gasteiger partial charge < -0.3 is 19.1 Å². The summed E-state index contributed by atoms with van der Waals surface area (Å²) < 4.78 is 11.5. The van der Waals surface area contributed by atoms with Crippen LogP contribution in [0.25, 0.3) is 0 Å². The monoisotopic (exact) mass is 260 g/mol. The van der Waals surface area contributed by atoms with Gasteiger partial charge in [-0.25, -0.2) is 4.79 Å². The van der Waals surface area contributed by atoms with Crippen molar-refractivity contribution in [2.24, 2.45) is 0 Å². The quantitative estimate of drug-likeness (QED) is 0.674. The minimum Gasteiger partial charge on any atom is -0.395 e. The van der Waals surface area contributed by atoms with Crippen molar-refractivity contribution in [2.75, 3.05) is 32.8 Å². The predicted octanol–water partition coefficient (Wildman–Crippen LogP) is 1.55. The number of nitrogens with zero attached hydrogens (tertiary/aromatic N) is 1. The number of carbonyl (C=O) groups excluding carboxylic acids is 1. The summed E-state index contributed by atoms with van der Waals surface area (Å²) in [5, 5.41) is 2.80. The van der Waals surface area contributed by atoms with E-state index in [1.807, 2.05) is 18.7 Å². The van der Waals surface area contributed by atoms with Crippen LogP contribution in [0.4, 0.5) is 4.79 Å². The first-order valence-corrected chi connectivity index (χ1v) is 8.94. The molecule has 1 N–H and O–H groups in total. The summed E-state index contributed by atoms with van der Waals surface area (Å²) in [4.78, 5) is 13.2. The van der Waals surface area contributed by atoms with Gasteiger partial charge in [0.15, 0.2) is 0 Å². The second-order valence-corrected chi connectivity index (χ2v) is 7.67. The van der Waals surface area contributed by atoms with Crippen LogP contribution in [0.15, 0.2) is 0 Å². The molecule has 1 saturated heterocycles. The standard InChI is InChI=1S/C11H24N2O3Si/c1-4-15-17(3,16-5-2)10-6-8-13-9-7-12-11(13)14/h4-10H2,1-3H3,(H,12,14). The Labute approximate surface area is 105 Å². The fourth-order valence-electron chi connectivity index (χ4n) is 2.11. The molecule has 0 atom stereocenters. The Hall–Kier alpha value is -0.593. The van der Waals surface area contributed by atoms with E-state index in [0.717, 1.165) is 32.1 Å². The summed E-state index contributed by atoms with van der Waals surface area (Å²) in [6.45, 7) is 9.89. The molecule has 1 fully saturated rings. The number of hydrogen-bond acceptors (Lipinski definition) is 3. The van der Waals surface area contributed by atoms with Crippen LogP contribution in [0.3, 0.4) is 0 Å². The highest BCUT2D eigenvalue weighted by Crippen LogP contribution is 2.16. The van der Waals surface area contributed by atoms with Gasteiger partial charge in [-0.05, 0) is 32.9 Å². The molecule has 0 unspecified atom stereocenters. The lowest BCUT2D eigenvalue weighted by atomic mass is 10.4. The molecular formula is C11H24N2O3Si. The highest BCUT2D eigenvalue weighted by molar-refractivity contribution is 6.66. The number of rotatable bonds is 8. The van der Waals surface area contributed by atoms with Gasteiger partial charge in [0.25, 0.3) is 0 Å². The van der Waals surface area contributed by atoms with E-state index in [-0.39, 0.29) is 6.03 Å². The third-order valence-corrected chi connectivity index (χ3v) is 5.96. The molecule has 0 spiro atoms. The molecule has 1 aliphatic heterocycles. The van der Waals surface area contributed by atoms with Crippen molar-refractivity contribution in [3.63, 3.8) is 0 Å². The topological polar surface area (TPSA) is 50.8 Å². The Bertz CT molecular complexity index is 245. The van der Waals surface area contributed by atoms with Crippen LogP contribution < -0.4 is 5.32 Å². The molecule has 2 amide bonds. The van der Waals surface area contributed by atoms with E-state index >= 15 is 0 Å². The zero-order chi connectivity index (χ0) is 12.7. The van der Waals surface area contributed by atoms with Crippen molar-refractivity contribution in [3.8, 4) is 0 Å². The van der Waals surface area contributed by atoms with E-state index in [2.05, 4.69) is 11.9 Å². The first-order chi connectivity index (χ1) is 8.11. The van der Waals surface area contributed by atoms with E-state index in [9.17, 15) is 4.79 Å². The maximum Gasteiger partial charge on any atom is 0.334 e. The van der Waals surface area contributed by atoms with E-state index in [1.165, 1.54) is 0 Å². The van der Waals surface area contributed by atoms with Crippen LogP contribution in [0.2, 0.25) is 12.6 Å². The number of urea groups is 1. The number of hydrogen-bond donors (Lipinski definition) is 1. The average Bonchev–Trinajstić information content (AvgIpc) is 2.65. The van der Waals surface area contributed by atoms with Gasteiger partial charge in [-0.2, -0.15) is 0 Å². The van der Waals surface area contributed by atoms with E-state index in [0.29, 0.717) is 13.2 Å². The molecule has 1 aliphatic rings. The second-order valence-electron chi connectivity index (χ2n) is 4.32. The highest BCUT2D eigenvalue weighted by atomic mass is 28.4. The van der Waals surface area contributed by atoms with Gasteiger partial charge in [-0.15, -0.1) is 0 Å². The summed E-state index contributed by atoms with van der Waals surface area (Å²) in [6.07, 6.45) is 0.955. The zero-order valence-corrected chi connectivity index (χ0v) is 12.1. The molecular weight excluding hydrogens is 236 g/mol. The minimum atomic E-state index is -2.00. The van der Waals surface area contributed by atoms with Crippen LogP contribution in [0, 0.1) is 0 Å². The lowest BCUT2D eigenvalue weighted by Gasteiger charge is -2.26. The number of nitrogens with one attached hydrogen (secondary N) is 1. The van der Waals surface area contributed by atoms with Crippen LogP contribution >= 0.6 is 0 Å². The number of amides is 2. The van der Waals surface area contributed by atoms with Gasteiger partial charge in [-0.3, -0.25) is 0 Å². The summed E-state index contributed by atoms with van der Waals surface area (Å²) in [7, 11) is -2.00. The van der Waals surface area contributed by atoms with E-state index < -0.39 is 8.56 Å². The highest BCUT2D eigenvalue weighted by Gasteiger charge is 2.30. The van der Waals surface area contributed by atoms with Crippen molar-refractivity contribution in [1.29, 1.82) is 0 Å². The van der Waals surface area contributed by atoms with E-state index in [1.54, 1.807) is 0 Å². The van der Waals surface area contributed by atoms with E-state index in [4.69, 9.17) is 8.85 Å². The minimum absolute atomic E-state index is 0.0567. The molecule has 1 heterocycles. The van der Waals surface area contributed by atoms with Crippen molar-refractivity contribution < 1.29 is 13.6 Å². The first kappa shape index (κ1) is 14.5. The first-order valence-electron chi connectivity index (χ1n) is 6.42. The summed E-state index contributed by atoms with van der Waals surface area (Å²) in [5.74, 6) is 0. The molecule has 0 radical (unpaired) electrons. The van der Waals surface area contributed by atoms with Crippen LogP contribution in [-0.4, -0.2) is 52.3 Å². The molecule has 0 aromatic rings. The van der Waals surface area contributed by atoms with Crippen LogP contribution in [0.1, 0.15) is 20.3 Å². The Morgan fingerprint density at radius 2 is 2.00 bits per heavy atom. The summed E-state index contributed by atoms with van der Waals surface area (Å²) in [6, 6.07) is 1.000. The van der Waals surface area contributed by atoms with Gasteiger partial charge in [0.1, 0.15) is 0 Å². The molecule has 0 saturated carbocycles. The smallest absolute Gasteiger partial charge is 0.334 e. The van der Waals surface area contributed by atoms with Crippen molar-refractivity contribution in [1.82, 2.24) is 10.2 Å². The van der Waals surface area contributed by atoms with Crippen LogP contribution in [0.5, 0.6) is 0 Å². The van der Waals surface area contributed by atoms with Crippen molar-refractivity contribution in [2.45, 2.75) is 32.9 Å². The predicted molar refractivity (Wildman–Crippen MR) is 69.3 cm³/mol. The van der Waals surface area contributed by atoms with Crippen LogP contribution in [-0.2, 0) is 8.85 Å². The lowest BCUT2D eigenvalue weighted by Crippen LogP contribution is -2.40. The van der Waals surface area contributed by atoms with Gasteiger partial charge >= 0.3 is 14.6 Å². The summed E-state index contributed by atoms with van der Waals surface area (Å²) >= 11 is 0. The fraction of sp³-hybridized carbons (Fsp3) is 0.909. The Morgan fingerprint density at radius 1 is 1.35 bits per heavy atom. The van der Waals surface area contributed by atoms with Gasteiger partial charge in [0.2, 0.25) is 0 Å². The van der Waals surface area contributed by atoms with Gasteiger partial charge in [0, 0.05) is 32.8 Å². The molecule has 5 nitrogen and oxygen atoms in total. The molecule has 0 aromatic carbocycles. The normalized spacial score (nSPS) is 16.4.